The summed E-state index contributed by atoms with van der Waals surface area (Å²) in [5.74, 6) is -1.03. The number of imide groups is 1. The molecule has 2 atom stereocenters. The summed E-state index contributed by atoms with van der Waals surface area (Å²) < 4.78 is 0. The molecular formula is C24H27N3O3. The van der Waals surface area contributed by atoms with Gasteiger partial charge in [-0.1, -0.05) is 43.2 Å². The number of pyridine rings is 1. The maximum atomic E-state index is 13.3. The number of carbonyl (C=O) groups excluding carboxylic acids is 3. The van der Waals surface area contributed by atoms with Crippen LogP contribution in [0.2, 0.25) is 0 Å². The topological polar surface area (TPSA) is 70.6 Å². The quantitative estimate of drug-likeness (QED) is 0.693. The van der Waals surface area contributed by atoms with Gasteiger partial charge in [-0.25, -0.2) is 0 Å². The van der Waals surface area contributed by atoms with Crippen LogP contribution in [-0.2, 0) is 27.5 Å². The predicted molar refractivity (Wildman–Crippen MR) is 112 cm³/mol. The number of aryl methyl sites for hydroxylation is 1. The third-order valence-electron chi connectivity index (χ3n) is 6.30. The Hall–Kier alpha value is -3.02. The Morgan fingerprint density at radius 1 is 1.03 bits per heavy atom. The van der Waals surface area contributed by atoms with Gasteiger partial charge >= 0.3 is 0 Å². The first kappa shape index (κ1) is 20.3. The van der Waals surface area contributed by atoms with E-state index in [0.29, 0.717) is 13.1 Å². The fourth-order valence-electron chi connectivity index (χ4n) is 4.56. The zero-order chi connectivity index (χ0) is 21.1. The molecule has 6 nitrogen and oxygen atoms in total. The molecule has 2 heterocycles. The largest absolute Gasteiger partial charge is 0.332 e. The van der Waals surface area contributed by atoms with E-state index in [-0.39, 0.29) is 36.1 Å². The molecule has 1 aliphatic carbocycles. The lowest BCUT2D eigenvalue weighted by Gasteiger charge is -2.26. The molecule has 3 amide bonds. The van der Waals surface area contributed by atoms with E-state index in [1.807, 2.05) is 43.3 Å². The highest BCUT2D eigenvalue weighted by Gasteiger charge is 2.48. The first-order chi connectivity index (χ1) is 14.5. The number of aromatic nitrogens is 1. The lowest BCUT2D eigenvalue weighted by Crippen LogP contribution is -2.42. The van der Waals surface area contributed by atoms with Gasteiger partial charge < -0.3 is 4.90 Å². The maximum Gasteiger partial charge on any atom is 0.243 e. The molecule has 6 heteroatoms. The van der Waals surface area contributed by atoms with Crippen molar-refractivity contribution in [3.63, 3.8) is 0 Å². The molecule has 0 spiro atoms. The zero-order valence-electron chi connectivity index (χ0n) is 17.3. The standard InChI is InChI=1S/C24H27N3O3/c1-17-7-2-3-9-19(17)15-26(14-18-8-6-12-25-13-18)22(28)16-27-23(29)20-10-4-5-11-21(20)24(27)30/h2-3,6-9,12-13,20-21H,4-5,10-11,14-16H2,1H3. The summed E-state index contributed by atoms with van der Waals surface area (Å²) in [6.07, 6.45) is 6.88. The molecule has 2 unspecified atom stereocenters. The highest BCUT2D eigenvalue weighted by Crippen LogP contribution is 2.38. The molecule has 1 aliphatic heterocycles. The van der Waals surface area contributed by atoms with E-state index in [2.05, 4.69) is 4.98 Å². The first-order valence-electron chi connectivity index (χ1n) is 10.6. The Morgan fingerprint density at radius 2 is 1.73 bits per heavy atom. The predicted octanol–water partition coefficient (Wildman–Crippen LogP) is 3.09. The number of rotatable bonds is 6. The molecule has 156 valence electrons. The van der Waals surface area contributed by atoms with Crippen LogP contribution in [0.4, 0.5) is 0 Å². The van der Waals surface area contributed by atoms with Gasteiger partial charge in [0.05, 0.1) is 11.8 Å². The van der Waals surface area contributed by atoms with Gasteiger partial charge in [0.25, 0.3) is 0 Å². The van der Waals surface area contributed by atoms with Crippen molar-refractivity contribution in [3.8, 4) is 0 Å². The van der Waals surface area contributed by atoms with Gasteiger partial charge in [-0.2, -0.15) is 0 Å². The number of nitrogens with zero attached hydrogens (tertiary/aromatic N) is 3. The SMILES string of the molecule is Cc1ccccc1CN(Cc1cccnc1)C(=O)CN1C(=O)C2CCCCC2C1=O. The van der Waals surface area contributed by atoms with E-state index in [9.17, 15) is 14.4 Å². The van der Waals surface area contributed by atoms with Crippen LogP contribution in [0.5, 0.6) is 0 Å². The molecule has 2 aromatic rings. The molecule has 1 aromatic heterocycles. The molecule has 1 saturated carbocycles. The monoisotopic (exact) mass is 405 g/mol. The van der Waals surface area contributed by atoms with Crippen LogP contribution in [0.25, 0.3) is 0 Å². The number of fused-ring (bicyclic) bond motifs is 1. The summed E-state index contributed by atoms with van der Waals surface area (Å²) >= 11 is 0. The average Bonchev–Trinajstić information content (AvgIpc) is 3.00. The van der Waals surface area contributed by atoms with Gasteiger partial charge in [0.2, 0.25) is 17.7 Å². The zero-order valence-corrected chi connectivity index (χ0v) is 17.3. The molecule has 4 rings (SSSR count). The molecule has 0 radical (unpaired) electrons. The molecule has 2 fully saturated rings. The normalized spacial score (nSPS) is 20.9. The lowest BCUT2D eigenvalue weighted by atomic mass is 9.81. The number of hydrogen-bond donors (Lipinski definition) is 0. The molecular weight excluding hydrogens is 378 g/mol. The number of benzene rings is 1. The minimum absolute atomic E-state index is 0.171. The van der Waals surface area contributed by atoms with E-state index < -0.39 is 0 Å². The van der Waals surface area contributed by atoms with E-state index >= 15 is 0 Å². The number of carbonyl (C=O) groups is 3. The molecule has 0 N–H and O–H groups in total. The summed E-state index contributed by atoms with van der Waals surface area (Å²) in [7, 11) is 0. The summed E-state index contributed by atoms with van der Waals surface area (Å²) in [5.41, 5.74) is 3.05. The number of hydrogen-bond acceptors (Lipinski definition) is 4. The minimum atomic E-state index is -0.234. The fourth-order valence-corrected chi connectivity index (χ4v) is 4.56. The van der Waals surface area contributed by atoms with Crippen molar-refractivity contribution in [1.82, 2.24) is 14.8 Å². The van der Waals surface area contributed by atoms with Crippen molar-refractivity contribution < 1.29 is 14.4 Å². The van der Waals surface area contributed by atoms with E-state index in [4.69, 9.17) is 0 Å². The third kappa shape index (κ3) is 4.13. The minimum Gasteiger partial charge on any atom is -0.332 e. The van der Waals surface area contributed by atoms with Crippen LogP contribution in [0.15, 0.2) is 48.8 Å². The van der Waals surface area contributed by atoms with Gasteiger partial charge in [0, 0.05) is 25.5 Å². The lowest BCUT2D eigenvalue weighted by molar-refractivity contribution is -0.147. The maximum absolute atomic E-state index is 13.3. The first-order valence-corrected chi connectivity index (χ1v) is 10.6. The number of amides is 3. The van der Waals surface area contributed by atoms with Crippen LogP contribution in [0.1, 0.15) is 42.4 Å². The highest BCUT2D eigenvalue weighted by atomic mass is 16.2. The van der Waals surface area contributed by atoms with Crippen LogP contribution < -0.4 is 0 Å². The van der Waals surface area contributed by atoms with Gasteiger partial charge in [0.15, 0.2) is 0 Å². The fraction of sp³-hybridized carbons (Fsp3) is 0.417. The summed E-state index contributed by atoms with van der Waals surface area (Å²) in [4.78, 5) is 45.9. The van der Waals surface area contributed by atoms with Crippen LogP contribution >= 0.6 is 0 Å². The Balaban J connectivity index is 1.53. The highest BCUT2D eigenvalue weighted by molar-refractivity contribution is 6.07. The van der Waals surface area contributed by atoms with E-state index in [1.165, 1.54) is 4.90 Å². The smallest absolute Gasteiger partial charge is 0.243 e. The van der Waals surface area contributed by atoms with Gasteiger partial charge in [-0.3, -0.25) is 24.3 Å². The average molecular weight is 405 g/mol. The Morgan fingerprint density at radius 3 is 2.37 bits per heavy atom. The molecule has 2 aliphatic rings. The Bertz CT molecular complexity index is 920. The van der Waals surface area contributed by atoms with Crippen molar-refractivity contribution in [1.29, 1.82) is 0 Å². The van der Waals surface area contributed by atoms with E-state index in [0.717, 1.165) is 42.4 Å². The summed E-state index contributed by atoms with van der Waals surface area (Å²) in [5, 5.41) is 0. The molecule has 30 heavy (non-hydrogen) atoms. The second kappa shape index (κ2) is 8.78. The summed E-state index contributed by atoms with van der Waals surface area (Å²) in [6.45, 7) is 2.63. The Labute approximate surface area is 176 Å². The van der Waals surface area contributed by atoms with Crippen molar-refractivity contribution in [2.24, 2.45) is 11.8 Å². The second-order valence-electron chi connectivity index (χ2n) is 8.30. The van der Waals surface area contributed by atoms with Crippen LogP contribution in [-0.4, -0.2) is 39.1 Å². The Kier molecular flexibility index (Phi) is 5.93. The molecule has 0 bridgehead atoms. The van der Waals surface area contributed by atoms with Gasteiger partial charge in [0.1, 0.15) is 6.54 Å². The molecule has 1 aromatic carbocycles. The van der Waals surface area contributed by atoms with Crippen LogP contribution in [0, 0.1) is 18.8 Å². The molecule has 1 saturated heterocycles. The van der Waals surface area contributed by atoms with Gasteiger partial charge in [-0.15, -0.1) is 0 Å². The second-order valence-corrected chi connectivity index (χ2v) is 8.30. The number of likely N-dealkylation sites (tertiary alicyclic amines) is 1. The van der Waals surface area contributed by atoms with Gasteiger partial charge in [-0.05, 0) is 42.5 Å². The van der Waals surface area contributed by atoms with Crippen molar-refractivity contribution >= 4 is 17.7 Å². The van der Waals surface area contributed by atoms with Crippen molar-refractivity contribution in [3.05, 3.63) is 65.5 Å². The van der Waals surface area contributed by atoms with Crippen molar-refractivity contribution in [2.45, 2.75) is 45.7 Å². The van der Waals surface area contributed by atoms with E-state index in [1.54, 1.807) is 17.3 Å². The van der Waals surface area contributed by atoms with Crippen molar-refractivity contribution in [2.75, 3.05) is 6.54 Å². The third-order valence-corrected chi connectivity index (χ3v) is 6.30. The van der Waals surface area contributed by atoms with Crippen LogP contribution in [0.3, 0.4) is 0 Å². The summed E-state index contributed by atoms with van der Waals surface area (Å²) in [6, 6.07) is 11.7.